The van der Waals surface area contributed by atoms with Crippen molar-refractivity contribution in [3.05, 3.63) is 0 Å². The van der Waals surface area contributed by atoms with Crippen LogP contribution in [0, 0.1) is 0 Å². The second kappa shape index (κ2) is 4.72. The lowest BCUT2D eigenvalue weighted by atomic mass is 9.79. The largest absolute Gasteiger partial charge is 0.480 e. The van der Waals surface area contributed by atoms with Crippen molar-refractivity contribution >= 4 is 12.0 Å². The molecule has 0 saturated heterocycles. The number of hydrogen-bond donors (Lipinski definition) is 2. The fourth-order valence-electron chi connectivity index (χ4n) is 1.80. The van der Waals surface area contributed by atoms with Crippen LogP contribution in [0.1, 0.15) is 40.0 Å². The highest BCUT2D eigenvalue weighted by Crippen LogP contribution is 2.31. The van der Waals surface area contributed by atoms with Gasteiger partial charge in [0.05, 0.1) is 0 Å². The molecule has 2 amide bonds. The van der Waals surface area contributed by atoms with E-state index in [4.69, 9.17) is 5.11 Å². The molecule has 16 heavy (non-hydrogen) atoms. The van der Waals surface area contributed by atoms with E-state index in [1.54, 1.807) is 0 Å². The summed E-state index contributed by atoms with van der Waals surface area (Å²) >= 11 is 0. The normalized spacial score (nSPS) is 17.8. The zero-order valence-electron chi connectivity index (χ0n) is 10.1. The molecular formula is C11H20N2O3. The maximum atomic E-state index is 11.9. The van der Waals surface area contributed by atoms with Crippen LogP contribution >= 0.6 is 0 Å². The summed E-state index contributed by atoms with van der Waals surface area (Å²) in [7, 11) is 0. The Morgan fingerprint density at radius 3 is 2.31 bits per heavy atom. The number of carbonyl (C=O) groups is 2. The number of rotatable bonds is 4. The summed E-state index contributed by atoms with van der Waals surface area (Å²) in [5.74, 6) is -0.984. The number of nitrogens with zero attached hydrogens (tertiary/aromatic N) is 1. The second-order valence-electron chi connectivity index (χ2n) is 4.96. The average Bonchev–Trinajstić information content (AvgIpc) is 2.10. The number of urea groups is 1. The fraction of sp³-hybridized carbons (Fsp3) is 0.818. The van der Waals surface area contributed by atoms with Crippen LogP contribution in [0.2, 0.25) is 0 Å². The molecule has 0 radical (unpaired) electrons. The van der Waals surface area contributed by atoms with Crippen molar-refractivity contribution < 1.29 is 14.7 Å². The summed E-state index contributed by atoms with van der Waals surface area (Å²) in [4.78, 5) is 23.9. The predicted octanol–water partition coefficient (Wildman–Crippen LogP) is 1.43. The Morgan fingerprint density at radius 2 is 2.00 bits per heavy atom. The molecule has 0 unspecified atom stereocenters. The molecule has 0 aromatic carbocycles. The highest BCUT2D eigenvalue weighted by molar-refractivity contribution is 5.80. The predicted molar refractivity (Wildman–Crippen MR) is 60.3 cm³/mol. The number of nitrogens with one attached hydrogen (secondary N) is 1. The van der Waals surface area contributed by atoms with E-state index in [2.05, 4.69) is 5.32 Å². The van der Waals surface area contributed by atoms with Crippen LogP contribution in [-0.4, -0.2) is 40.1 Å². The van der Waals surface area contributed by atoms with E-state index in [0.29, 0.717) is 0 Å². The average molecular weight is 228 g/mol. The van der Waals surface area contributed by atoms with Gasteiger partial charge in [0.2, 0.25) is 0 Å². The minimum atomic E-state index is -0.984. The lowest BCUT2D eigenvalue weighted by Gasteiger charge is -2.41. The van der Waals surface area contributed by atoms with E-state index in [1.165, 1.54) is 4.90 Å². The maximum Gasteiger partial charge on any atom is 0.323 e. The second-order valence-corrected chi connectivity index (χ2v) is 4.96. The summed E-state index contributed by atoms with van der Waals surface area (Å²) in [6, 6.07) is -0.389. The van der Waals surface area contributed by atoms with E-state index in [-0.39, 0.29) is 24.2 Å². The Kier molecular flexibility index (Phi) is 3.78. The zero-order chi connectivity index (χ0) is 12.3. The highest BCUT2D eigenvalue weighted by atomic mass is 16.4. The quantitative estimate of drug-likeness (QED) is 0.764. The van der Waals surface area contributed by atoms with Crippen LogP contribution < -0.4 is 5.32 Å². The first-order valence-corrected chi connectivity index (χ1v) is 5.65. The van der Waals surface area contributed by atoms with Gasteiger partial charge in [0.15, 0.2) is 0 Å². The van der Waals surface area contributed by atoms with E-state index < -0.39 is 5.97 Å². The van der Waals surface area contributed by atoms with Crippen LogP contribution in [0.15, 0.2) is 0 Å². The molecule has 1 aliphatic rings. The molecule has 5 nitrogen and oxygen atoms in total. The summed E-state index contributed by atoms with van der Waals surface area (Å²) < 4.78 is 0. The number of carboxylic acid groups (broad SMARTS) is 1. The van der Waals surface area contributed by atoms with Gasteiger partial charge in [0, 0.05) is 11.6 Å². The van der Waals surface area contributed by atoms with Gasteiger partial charge in [-0.1, -0.05) is 0 Å². The van der Waals surface area contributed by atoms with Crippen molar-refractivity contribution in [2.24, 2.45) is 0 Å². The van der Waals surface area contributed by atoms with Gasteiger partial charge in [-0.25, -0.2) is 4.79 Å². The van der Waals surface area contributed by atoms with Crippen molar-refractivity contribution in [3.63, 3.8) is 0 Å². The lowest BCUT2D eigenvalue weighted by molar-refractivity contribution is -0.138. The van der Waals surface area contributed by atoms with Crippen LogP contribution in [-0.2, 0) is 4.79 Å². The minimum absolute atomic E-state index is 0.111. The first kappa shape index (κ1) is 12.8. The first-order valence-electron chi connectivity index (χ1n) is 5.65. The topological polar surface area (TPSA) is 69.6 Å². The molecule has 0 spiro atoms. The van der Waals surface area contributed by atoms with Gasteiger partial charge in [-0.15, -0.1) is 0 Å². The molecule has 0 bridgehead atoms. The van der Waals surface area contributed by atoms with Gasteiger partial charge >= 0.3 is 12.0 Å². The minimum Gasteiger partial charge on any atom is -0.480 e. The van der Waals surface area contributed by atoms with Crippen molar-refractivity contribution in [2.75, 3.05) is 6.54 Å². The molecular weight excluding hydrogens is 208 g/mol. The van der Waals surface area contributed by atoms with Gasteiger partial charge < -0.3 is 15.3 Å². The number of amides is 2. The van der Waals surface area contributed by atoms with Crippen LogP contribution in [0.25, 0.3) is 0 Å². The van der Waals surface area contributed by atoms with E-state index in [1.807, 2.05) is 20.8 Å². The summed E-state index contributed by atoms with van der Waals surface area (Å²) in [5, 5.41) is 11.6. The number of carbonyl (C=O) groups excluding carboxylic acids is 1. The van der Waals surface area contributed by atoms with Crippen LogP contribution in [0.4, 0.5) is 4.79 Å². The smallest absolute Gasteiger partial charge is 0.323 e. The summed E-state index contributed by atoms with van der Waals surface area (Å²) in [6.07, 6.45) is 3.06. The highest BCUT2D eigenvalue weighted by Gasteiger charge is 2.35. The molecule has 0 heterocycles. The lowest BCUT2D eigenvalue weighted by Crippen LogP contribution is -2.57. The maximum absolute atomic E-state index is 11.9. The Bertz CT molecular complexity index is 285. The van der Waals surface area contributed by atoms with Gasteiger partial charge in [-0.05, 0) is 40.0 Å². The third-order valence-electron chi connectivity index (χ3n) is 3.06. The SMILES string of the molecule is CC(C)N(CC(=O)O)C(=O)NC1(C)CCC1. The molecule has 0 aromatic heterocycles. The Labute approximate surface area is 95.8 Å². The van der Waals surface area contributed by atoms with Gasteiger partial charge in [-0.2, -0.15) is 0 Å². The molecule has 0 aliphatic heterocycles. The van der Waals surface area contributed by atoms with Crippen LogP contribution in [0.3, 0.4) is 0 Å². The molecule has 0 atom stereocenters. The molecule has 1 saturated carbocycles. The van der Waals surface area contributed by atoms with Crippen molar-refractivity contribution in [3.8, 4) is 0 Å². The molecule has 1 aliphatic carbocycles. The monoisotopic (exact) mass is 228 g/mol. The molecule has 2 N–H and O–H groups in total. The molecule has 1 fully saturated rings. The number of hydrogen-bond acceptors (Lipinski definition) is 2. The molecule has 92 valence electrons. The van der Waals surface area contributed by atoms with E-state index in [0.717, 1.165) is 19.3 Å². The number of aliphatic carboxylic acids is 1. The van der Waals surface area contributed by atoms with Crippen molar-refractivity contribution in [1.82, 2.24) is 10.2 Å². The zero-order valence-corrected chi connectivity index (χ0v) is 10.1. The molecule has 0 aromatic rings. The van der Waals surface area contributed by atoms with E-state index >= 15 is 0 Å². The Hall–Kier alpha value is -1.26. The van der Waals surface area contributed by atoms with Gasteiger partial charge in [0.1, 0.15) is 6.54 Å². The van der Waals surface area contributed by atoms with Crippen molar-refractivity contribution in [1.29, 1.82) is 0 Å². The summed E-state index contributed by atoms with van der Waals surface area (Å²) in [6.45, 7) is 5.37. The van der Waals surface area contributed by atoms with Gasteiger partial charge in [-0.3, -0.25) is 4.79 Å². The summed E-state index contributed by atoms with van der Waals surface area (Å²) in [5.41, 5.74) is -0.136. The molecule has 1 rings (SSSR count). The standard InChI is InChI=1S/C11H20N2O3/c1-8(2)13(7-9(14)15)10(16)12-11(3)5-4-6-11/h8H,4-7H2,1-3H3,(H,12,16)(H,14,15). The third kappa shape index (κ3) is 3.12. The van der Waals surface area contributed by atoms with Gasteiger partial charge in [0.25, 0.3) is 0 Å². The molecule has 5 heteroatoms. The third-order valence-corrected chi connectivity index (χ3v) is 3.06. The van der Waals surface area contributed by atoms with E-state index in [9.17, 15) is 9.59 Å². The number of carboxylic acids is 1. The Balaban J connectivity index is 2.56. The van der Waals surface area contributed by atoms with Crippen molar-refractivity contribution in [2.45, 2.75) is 51.6 Å². The Morgan fingerprint density at radius 1 is 1.44 bits per heavy atom. The van der Waals surface area contributed by atoms with Crippen LogP contribution in [0.5, 0.6) is 0 Å². The fourth-order valence-corrected chi connectivity index (χ4v) is 1.80. The first-order chi connectivity index (χ1) is 7.34.